The molecule has 0 aliphatic heterocycles. The summed E-state index contributed by atoms with van der Waals surface area (Å²) in [6.07, 6.45) is 0.726. The van der Waals surface area contributed by atoms with E-state index in [2.05, 4.69) is 10.6 Å². The molecule has 2 amide bonds. The third kappa shape index (κ3) is 8.01. The number of hydrogen-bond donors (Lipinski definition) is 2. The summed E-state index contributed by atoms with van der Waals surface area (Å²) in [5, 5.41) is 5.48. The minimum atomic E-state index is -0.659. The van der Waals surface area contributed by atoms with E-state index >= 15 is 0 Å². The minimum Gasteiger partial charge on any atom is -0.444 e. The van der Waals surface area contributed by atoms with Gasteiger partial charge in [0, 0.05) is 6.54 Å². The van der Waals surface area contributed by atoms with Crippen molar-refractivity contribution in [3.63, 3.8) is 0 Å². The number of amides is 2. The average Bonchev–Trinajstić information content (AvgIpc) is 2.52. The predicted molar refractivity (Wildman–Crippen MR) is 95.7 cm³/mol. The smallest absolute Gasteiger partial charge is 0.408 e. The number of rotatable bonds is 7. The van der Waals surface area contributed by atoms with Gasteiger partial charge in [-0.15, -0.1) is 0 Å². The summed E-state index contributed by atoms with van der Waals surface area (Å²) in [4.78, 5) is 24.4. The lowest BCUT2D eigenvalue weighted by Crippen LogP contribution is -2.51. The van der Waals surface area contributed by atoms with Gasteiger partial charge in [-0.2, -0.15) is 0 Å². The zero-order chi connectivity index (χ0) is 19.0. The molecule has 2 N–H and O–H groups in total. The van der Waals surface area contributed by atoms with Crippen LogP contribution in [0.1, 0.15) is 46.6 Å². The summed E-state index contributed by atoms with van der Waals surface area (Å²) in [7, 11) is 0. The lowest BCUT2D eigenvalue weighted by molar-refractivity contribution is -0.124. The lowest BCUT2D eigenvalue weighted by Gasteiger charge is -2.26. The van der Waals surface area contributed by atoms with Gasteiger partial charge in [-0.1, -0.05) is 32.4 Å². The number of benzene rings is 1. The Morgan fingerprint density at radius 3 is 2.32 bits per heavy atom. The molecule has 0 fully saturated rings. The molecule has 1 aromatic carbocycles. The van der Waals surface area contributed by atoms with Crippen LogP contribution in [0.5, 0.6) is 0 Å². The van der Waals surface area contributed by atoms with Crippen LogP contribution in [0, 0.1) is 11.7 Å². The molecule has 2 unspecified atom stereocenters. The van der Waals surface area contributed by atoms with Crippen molar-refractivity contribution < 1.29 is 18.7 Å². The van der Waals surface area contributed by atoms with E-state index < -0.39 is 17.7 Å². The van der Waals surface area contributed by atoms with Crippen molar-refractivity contribution in [1.29, 1.82) is 0 Å². The van der Waals surface area contributed by atoms with Crippen molar-refractivity contribution in [2.45, 2.75) is 59.1 Å². The molecule has 0 radical (unpaired) electrons. The molecule has 6 heteroatoms. The highest BCUT2D eigenvalue weighted by molar-refractivity contribution is 5.85. The number of alkyl carbamates (subject to hydrolysis) is 1. The van der Waals surface area contributed by atoms with Crippen molar-refractivity contribution in [3.8, 4) is 0 Å². The van der Waals surface area contributed by atoms with Crippen molar-refractivity contribution in [2.75, 3.05) is 6.54 Å². The normalized spacial score (nSPS) is 13.7. The van der Waals surface area contributed by atoms with Gasteiger partial charge in [-0.25, -0.2) is 9.18 Å². The summed E-state index contributed by atoms with van der Waals surface area (Å²) >= 11 is 0. The quantitative estimate of drug-likeness (QED) is 0.790. The van der Waals surface area contributed by atoms with Crippen LogP contribution in [0.4, 0.5) is 9.18 Å². The van der Waals surface area contributed by atoms with Crippen LogP contribution in [-0.4, -0.2) is 30.2 Å². The molecule has 2 atom stereocenters. The molecule has 0 spiro atoms. The zero-order valence-electron chi connectivity index (χ0n) is 15.7. The van der Waals surface area contributed by atoms with E-state index in [4.69, 9.17) is 4.74 Å². The lowest BCUT2D eigenvalue weighted by atomic mass is 9.98. The topological polar surface area (TPSA) is 67.4 Å². The maximum absolute atomic E-state index is 12.9. The Morgan fingerprint density at radius 1 is 1.20 bits per heavy atom. The first-order valence-corrected chi connectivity index (χ1v) is 8.64. The zero-order valence-corrected chi connectivity index (χ0v) is 15.7. The second-order valence-electron chi connectivity index (χ2n) is 7.18. The van der Waals surface area contributed by atoms with Gasteiger partial charge in [0.05, 0.1) is 0 Å². The van der Waals surface area contributed by atoms with Crippen LogP contribution >= 0.6 is 0 Å². The monoisotopic (exact) mass is 352 g/mol. The van der Waals surface area contributed by atoms with Gasteiger partial charge in [0.15, 0.2) is 0 Å². The largest absolute Gasteiger partial charge is 0.444 e. The molecular formula is C19H29FN2O3. The second kappa shape index (κ2) is 9.39. The fraction of sp³-hybridized carbons (Fsp3) is 0.579. The third-order valence-electron chi connectivity index (χ3n) is 3.79. The third-order valence-corrected chi connectivity index (χ3v) is 3.79. The molecule has 1 aromatic rings. The highest BCUT2D eigenvalue weighted by atomic mass is 19.1. The van der Waals surface area contributed by atoms with Gasteiger partial charge in [0.1, 0.15) is 17.5 Å². The standard InChI is InChI=1S/C19H29FN2O3/c1-6-13(2)16(22-18(24)25-19(3,4)5)17(23)21-12-11-14-7-9-15(20)10-8-14/h7-10,13,16H,6,11-12H2,1-5H3,(H,21,23)(H,22,24). The Hall–Kier alpha value is -2.11. The van der Waals surface area contributed by atoms with Crippen molar-refractivity contribution >= 4 is 12.0 Å². The molecular weight excluding hydrogens is 323 g/mol. The van der Waals surface area contributed by atoms with E-state index in [-0.39, 0.29) is 17.6 Å². The van der Waals surface area contributed by atoms with E-state index in [1.165, 1.54) is 12.1 Å². The first kappa shape index (κ1) is 20.9. The number of carbonyl (C=O) groups is 2. The number of hydrogen-bond acceptors (Lipinski definition) is 3. The fourth-order valence-corrected chi connectivity index (χ4v) is 2.23. The molecule has 0 aromatic heterocycles. The van der Waals surface area contributed by atoms with Crippen LogP contribution in [0.2, 0.25) is 0 Å². The van der Waals surface area contributed by atoms with Gasteiger partial charge in [-0.05, 0) is 50.8 Å². The molecule has 0 saturated heterocycles. The highest BCUT2D eigenvalue weighted by Gasteiger charge is 2.27. The summed E-state index contributed by atoms with van der Waals surface area (Å²) < 4.78 is 18.1. The van der Waals surface area contributed by atoms with E-state index in [1.807, 2.05) is 13.8 Å². The molecule has 140 valence electrons. The van der Waals surface area contributed by atoms with Crippen LogP contribution in [-0.2, 0) is 16.0 Å². The molecule has 0 aliphatic rings. The average molecular weight is 352 g/mol. The van der Waals surface area contributed by atoms with Crippen LogP contribution in [0.3, 0.4) is 0 Å². The second-order valence-corrected chi connectivity index (χ2v) is 7.18. The Balaban J connectivity index is 2.58. The summed E-state index contributed by atoms with van der Waals surface area (Å²) in [6, 6.07) is 5.50. The molecule has 0 bridgehead atoms. The van der Waals surface area contributed by atoms with Gasteiger partial charge in [-0.3, -0.25) is 4.79 Å². The predicted octanol–water partition coefficient (Wildman–Crippen LogP) is 3.42. The molecule has 1 rings (SSSR count). The molecule has 5 nitrogen and oxygen atoms in total. The molecule has 0 saturated carbocycles. The maximum atomic E-state index is 12.9. The van der Waals surface area contributed by atoms with E-state index in [0.717, 1.165) is 12.0 Å². The highest BCUT2D eigenvalue weighted by Crippen LogP contribution is 2.11. The summed E-state index contributed by atoms with van der Waals surface area (Å²) in [5.74, 6) is -0.563. The van der Waals surface area contributed by atoms with E-state index in [1.54, 1.807) is 32.9 Å². The Kier molecular flexibility index (Phi) is 7.87. The first-order chi connectivity index (χ1) is 11.6. The number of halogens is 1. The van der Waals surface area contributed by atoms with Crippen LogP contribution < -0.4 is 10.6 Å². The van der Waals surface area contributed by atoms with E-state index in [0.29, 0.717) is 13.0 Å². The van der Waals surface area contributed by atoms with E-state index in [9.17, 15) is 14.0 Å². The molecule has 0 aliphatic carbocycles. The Labute approximate surface area is 149 Å². The first-order valence-electron chi connectivity index (χ1n) is 8.64. The van der Waals surface area contributed by atoms with Crippen molar-refractivity contribution in [1.82, 2.24) is 10.6 Å². The summed E-state index contributed by atoms with van der Waals surface area (Å²) in [5.41, 5.74) is 0.310. The number of ether oxygens (including phenoxy) is 1. The maximum Gasteiger partial charge on any atom is 0.408 e. The van der Waals surface area contributed by atoms with Crippen molar-refractivity contribution in [2.24, 2.45) is 5.92 Å². The number of carbonyl (C=O) groups excluding carboxylic acids is 2. The van der Waals surface area contributed by atoms with Crippen LogP contribution in [0.25, 0.3) is 0 Å². The Bertz CT molecular complexity index is 567. The fourth-order valence-electron chi connectivity index (χ4n) is 2.23. The van der Waals surface area contributed by atoms with Gasteiger partial charge < -0.3 is 15.4 Å². The van der Waals surface area contributed by atoms with Crippen molar-refractivity contribution in [3.05, 3.63) is 35.6 Å². The minimum absolute atomic E-state index is 0.0293. The summed E-state index contributed by atoms with van der Waals surface area (Å²) in [6.45, 7) is 9.59. The van der Waals surface area contributed by atoms with Gasteiger partial charge in [0.25, 0.3) is 0 Å². The Morgan fingerprint density at radius 2 is 1.80 bits per heavy atom. The van der Waals surface area contributed by atoms with Crippen LogP contribution in [0.15, 0.2) is 24.3 Å². The van der Waals surface area contributed by atoms with Gasteiger partial charge in [0.2, 0.25) is 5.91 Å². The molecule has 0 heterocycles. The molecule has 25 heavy (non-hydrogen) atoms. The van der Waals surface area contributed by atoms with Gasteiger partial charge >= 0.3 is 6.09 Å². The SMILES string of the molecule is CCC(C)C(NC(=O)OC(C)(C)C)C(=O)NCCc1ccc(F)cc1. The number of nitrogens with one attached hydrogen (secondary N) is 2.